The van der Waals surface area contributed by atoms with Crippen LogP contribution in [0.3, 0.4) is 0 Å². The summed E-state index contributed by atoms with van der Waals surface area (Å²) in [4.78, 5) is 4.23. The average Bonchev–Trinajstić information content (AvgIpc) is 2.75. The number of rotatable bonds is 3. The standard InChI is InChI=1S/C7H10BrN3/c8-3-4-11-5-9-7(10-11)6-1-2-6/h5-6H,1-4H2. The number of aryl methyl sites for hydroxylation is 1. The van der Waals surface area contributed by atoms with Crippen molar-refractivity contribution in [3.8, 4) is 0 Å². The van der Waals surface area contributed by atoms with E-state index in [0.29, 0.717) is 5.92 Å². The lowest BCUT2D eigenvalue weighted by atomic mass is 10.4. The second-order valence-electron chi connectivity index (χ2n) is 2.83. The van der Waals surface area contributed by atoms with Crippen LogP contribution in [0.5, 0.6) is 0 Å². The van der Waals surface area contributed by atoms with Crippen molar-refractivity contribution < 1.29 is 0 Å². The lowest BCUT2D eigenvalue weighted by Crippen LogP contribution is -1.99. The number of hydrogen-bond donors (Lipinski definition) is 0. The van der Waals surface area contributed by atoms with Gasteiger partial charge in [-0.2, -0.15) is 5.10 Å². The van der Waals surface area contributed by atoms with Crippen LogP contribution in [0.1, 0.15) is 24.6 Å². The van der Waals surface area contributed by atoms with E-state index in [1.807, 2.05) is 11.0 Å². The van der Waals surface area contributed by atoms with Gasteiger partial charge in [0.15, 0.2) is 5.82 Å². The predicted octanol–water partition coefficient (Wildman–Crippen LogP) is 1.55. The van der Waals surface area contributed by atoms with Gasteiger partial charge in [-0.25, -0.2) is 4.98 Å². The first-order chi connectivity index (χ1) is 5.40. The molecule has 1 fully saturated rings. The van der Waals surface area contributed by atoms with Crippen molar-refractivity contribution >= 4 is 15.9 Å². The fourth-order valence-corrected chi connectivity index (χ4v) is 1.40. The molecule has 0 bridgehead atoms. The Morgan fingerprint density at radius 2 is 2.45 bits per heavy atom. The molecule has 0 N–H and O–H groups in total. The molecule has 1 heterocycles. The minimum atomic E-state index is 0.673. The third-order valence-electron chi connectivity index (χ3n) is 1.81. The van der Waals surface area contributed by atoms with Crippen LogP contribution in [-0.2, 0) is 6.54 Å². The molecule has 11 heavy (non-hydrogen) atoms. The molecular weight excluding hydrogens is 206 g/mol. The summed E-state index contributed by atoms with van der Waals surface area (Å²) in [5.41, 5.74) is 0. The molecule has 1 aromatic heterocycles. The van der Waals surface area contributed by atoms with E-state index in [4.69, 9.17) is 0 Å². The van der Waals surface area contributed by atoms with Gasteiger partial charge in [-0.05, 0) is 12.8 Å². The molecule has 1 aliphatic carbocycles. The van der Waals surface area contributed by atoms with Gasteiger partial charge in [0.1, 0.15) is 6.33 Å². The van der Waals surface area contributed by atoms with E-state index in [2.05, 4.69) is 26.0 Å². The number of hydrogen-bond acceptors (Lipinski definition) is 2. The summed E-state index contributed by atoms with van der Waals surface area (Å²) in [5, 5.41) is 5.28. The smallest absolute Gasteiger partial charge is 0.153 e. The number of nitrogens with zero attached hydrogens (tertiary/aromatic N) is 3. The molecule has 1 saturated carbocycles. The number of halogens is 1. The first kappa shape index (κ1) is 7.28. The van der Waals surface area contributed by atoms with E-state index >= 15 is 0 Å². The van der Waals surface area contributed by atoms with Crippen molar-refractivity contribution in [2.24, 2.45) is 0 Å². The Hall–Kier alpha value is -0.380. The van der Waals surface area contributed by atoms with Crippen molar-refractivity contribution in [1.29, 1.82) is 0 Å². The first-order valence-electron chi connectivity index (χ1n) is 3.85. The minimum Gasteiger partial charge on any atom is -0.252 e. The molecule has 2 rings (SSSR count). The maximum atomic E-state index is 4.34. The van der Waals surface area contributed by atoms with Crippen molar-refractivity contribution in [2.45, 2.75) is 25.3 Å². The fourth-order valence-electron chi connectivity index (χ4n) is 1.03. The highest BCUT2D eigenvalue weighted by atomic mass is 79.9. The molecule has 0 aliphatic heterocycles. The molecule has 0 unspecified atom stereocenters. The second-order valence-corrected chi connectivity index (χ2v) is 3.62. The lowest BCUT2D eigenvalue weighted by Gasteiger charge is -1.92. The summed E-state index contributed by atoms with van der Waals surface area (Å²) in [6.45, 7) is 0.916. The summed E-state index contributed by atoms with van der Waals surface area (Å²) in [5.74, 6) is 1.71. The van der Waals surface area contributed by atoms with Gasteiger partial charge in [0.2, 0.25) is 0 Å². The third-order valence-corrected chi connectivity index (χ3v) is 2.16. The maximum Gasteiger partial charge on any atom is 0.153 e. The van der Waals surface area contributed by atoms with Crippen LogP contribution in [0.25, 0.3) is 0 Å². The lowest BCUT2D eigenvalue weighted by molar-refractivity contribution is 0.655. The largest absolute Gasteiger partial charge is 0.252 e. The van der Waals surface area contributed by atoms with E-state index in [9.17, 15) is 0 Å². The highest BCUT2D eigenvalue weighted by Gasteiger charge is 2.27. The topological polar surface area (TPSA) is 30.7 Å². The summed E-state index contributed by atoms with van der Waals surface area (Å²) in [6, 6.07) is 0. The summed E-state index contributed by atoms with van der Waals surface area (Å²) in [6.07, 6.45) is 4.37. The summed E-state index contributed by atoms with van der Waals surface area (Å²) < 4.78 is 1.89. The highest BCUT2D eigenvalue weighted by molar-refractivity contribution is 9.09. The molecule has 0 saturated heterocycles. The van der Waals surface area contributed by atoms with Gasteiger partial charge in [-0.3, -0.25) is 4.68 Å². The van der Waals surface area contributed by atoms with Gasteiger partial charge >= 0.3 is 0 Å². The monoisotopic (exact) mass is 215 g/mol. The van der Waals surface area contributed by atoms with Crippen LogP contribution >= 0.6 is 15.9 Å². The Kier molecular flexibility index (Phi) is 1.94. The van der Waals surface area contributed by atoms with Gasteiger partial charge in [0.05, 0.1) is 6.54 Å². The van der Waals surface area contributed by atoms with Crippen molar-refractivity contribution in [3.63, 3.8) is 0 Å². The zero-order valence-electron chi connectivity index (χ0n) is 6.20. The minimum absolute atomic E-state index is 0.673. The molecule has 1 aliphatic rings. The molecule has 3 nitrogen and oxygen atoms in total. The van der Waals surface area contributed by atoms with Crippen LogP contribution in [0.2, 0.25) is 0 Å². The summed E-state index contributed by atoms with van der Waals surface area (Å²) in [7, 11) is 0. The van der Waals surface area contributed by atoms with E-state index in [1.54, 1.807) is 0 Å². The molecule has 0 aromatic carbocycles. The number of alkyl halides is 1. The average molecular weight is 216 g/mol. The molecule has 60 valence electrons. The molecular formula is C7H10BrN3. The molecule has 1 aromatic rings. The molecule has 0 atom stereocenters. The van der Waals surface area contributed by atoms with Crippen molar-refractivity contribution in [3.05, 3.63) is 12.2 Å². The Morgan fingerprint density at radius 3 is 3.09 bits per heavy atom. The second kappa shape index (κ2) is 2.93. The Morgan fingerprint density at radius 1 is 1.64 bits per heavy atom. The van der Waals surface area contributed by atoms with Crippen LogP contribution in [0.15, 0.2) is 6.33 Å². The quantitative estimate of drug-likeness (QED) is 0.717. The Bertz CT molecular complexity index is 242. The van der Waals surface area contributed by atoms with Crippen LogP contribution in [0.4, 0.5) is 0 Å². The fraction of sp³-hybridized carbons (Fsp3) is 0.714. The van der Waals surface area contributed by atoms with Crippen LogP contribution in [-0.4, -0.2) is 20.1 Å². The van der Waals surface area contributed by atoms with Crippen molar-refractivity contribution in [1.82, 2.24) is 14.8 Å². The molecule has 0 amide bonds. The summed E-state index contributed by atoms with van der Waals surface area (Å²) >= 11 is 3.36. The molecule has 0 radical (unpaired) electrons. The van der Waals surface area contributed by atoms with Gasteiger partial charge in [0.25, 0.3) is 0 Å². The Labute approximate surface area is 73.9 Å². The van der Waals surface area contributed by atoms with Gasteiger partial charge in [-0.1, -0.05) is 15.9 Å². The van der Waals surface area contributed by atoms with Crippen molar-refractivity contribution in [2.75, 3.05) is 5.33 Å². The molecule has 0 spiro atoms. The van der Waals surface area contributed by atoms with Gasteiger partial charge < -0.3 is 0 Å². The van der Waals surface area contributed by atoms with Gasteiger partial charge in [0, 0.05) is 11.2 Å². The van der Waals surface area contributed by atoms with E-state index in [1.165, 1.54) is 12.8 Å². The van der Waals surface area contributed by atoms with E-state index < -0.39 is 0 Å². The van der Waals surface area contributed by atoms with Gasteiger partial charge in [-0.15, -0.1) is 0 Å². The highest BCUT2D eigenvalue weighted by Crippen LogP contribution is 2.37. The van der Waals surface area contributed by atoms with Crippen LogP contribution in [0, 0.1) is 0 Å². The van der Waals surface area contributed by atoms with E-state index in [0.717, 1.165) is 17.7 Å². The number of aromatic nitrogens is 3. The zero-order chi connectivity index (χ0) is 7.68. The van der Waals surface area contributed by atoms with E-state index in [-0.39, 0.29) is 0 Å². The maximum absolute atomic E-state index is 4.34. The third kappa shape index (κ3) is 1.61. The Balaban J connectivity index is 2.06. The zero-order valence-corrected chi connectivity index (χ0v) is 7.79. The predicted molar refractivity (Wildman–Crippen MR) is 45.8 cm³/mol. The normalized spacial score (nSPS) is 17.2. The first-order valence-corrected chi connectivity index (χ1v) is 4.97. The SMILES string of the molecule is BrCCn1cnc(C2CC2)n1. The molecule has 4 heteroatoms. The van der Waals surface area contributed by atoms with Crippen LogP contribution < -0.4 is 0 Å².